The van der Waals surface area contributed by atoms with Gasteiger partial charge in [-0.15, -0.1) is 0 Å². The monoisotopic (exact) mass is 253 g/mol. The molecule has 0 aliphatic rings. The number of rotatable bonds is 6. The van der Waals surface area contributed by atoms with Crippen molar-refractivity contribution in [2.24, 2.45) is 0 Å². The molecule has 5 heteroatoms. The fourth-order valence-corrected chi connectivity index (χ4v) is 1.58. The molecule has 0 saturated carbocycles. The molecule has 100 valence electrons. The smallest absolute Gasteiger partial charge is 0.251 e. The number of ether oxygens (including phenoxy) is 3. The van der Waals surface area contributed by atoms with Crippen LogP contribution in [-0.2, 0) is 4.74 Å². The first-order chi connectivity index (χ1) is 8.62. The van der Waals surface area contributed by atoms with Crippen molar-refractivity contribution in [1.82, 2.24) is 5.32 Å². The van der Waals surface area contributed by atoms with Gasteiger partial charge in [0.2, 0.25) is 0 Å². The van der Waals surface area contributed by atoms with Crippen LogP contribution >= 0.6 is 0 Å². The summed E-state index contributed by atoms with van der Waals surface area (Å²) in [5.41, 5.74) is 0.524. The van der Waals surface area contributed by atoms with Gasteiger partial charge in [-0.1, -0.05) is 0 Å². The molecule has 5 nitrogen and oxygen atoms in total. The quantitative estimate of drug-likeness (QED) is 0.834. The molecule has 0 heterocycles. The second-order valence-electron chi connectivity index (χ2n) is 3.90. The first kappa shape index (κ1) is 14.3. The number of benzene rings is 1. The normalized spacial score (nSPS) is 11.8. The molecule has 1 unspecified atom stereocenters. The number of nitrogens with one attached hydrogen (secondary N) is 1. The van der Waals surface area contributed by atoms with Gasteiger partial charge >= 0.3 is 0 Å². The molecule has 0 aliphatic carbocycles. The zero-order valence-electron chi connectivity index (χ0n) is 11.1. The van der Waals surface area contributed by atoms with Crippen molar-refractivity contribution < 1.29 is 19.0 Å². The number of carbonyl (C=O) groups excluding carboxylic acids is 1. The summed E-state index contributed by atoms with van der Waals surface area (Å²) in [4.78, 5) is 11.9. The van der Waals surface area contributed by atoms with E-state index in [9.17, 15) is 4.79 Å². The lowest BCUT2D eigenvalue weighted by molar-refractivity contribution is 0.0905. The minimum atomic E-state index is -0.166. The predicted octanol–water partition coefficient (Wildman–Crippen LogP) is 1.47. The largest absolute Gasteiger partial charge is 0.493 e. The highest BCUT2D eigenvalue weighted by molar-refractivity contribution is 5.95. The third-order valence-electron chi connectivity index (χ3n) is 2.44. The molecule has 0 bridgehead atoms. The lowest BCUT2D eigenvalue weighted by Crippen LogP contribution is -2.35. The van der Waals surface area contributed by atoms with E-state index in [4.69, 9.17) is 14.2 Å². The number of hydrogen-bond donors (Lipinski definition) is 1. The maximum atomic E-state index is 11.9. The number of carbonyl (C=O) groups is 1. The van der Waals surface area contributed by atoms with Crippen LogP contribution in [0.15, 0.2) is 18.2 Å². The summed E-state index contributed by atoms with van der Waals surface area (Å²) in [5.74, 6) is 0.962. The number of hydrogen-bond acceptors (Lipinski definition) is 4. The van der Waals surface area contributed by atoms with E-state index < -0.39 is 0 Å². The van der Waals surface area contributed by atoms with Crippen LogP contribution in [0.2, 0.25) is 0 Å². The Morgan fingerprint density at radius 3 is 2.44 bits per heavy atom. The van der Waals surface area contributed by atoms with E-state index in [0.29, 0.717) is 23.7 Å². The van der Waals surface area contributed by atoms with E-state index in [2.05, 4.69) is 5.32 Å². The third kappa shape index (κ3) is 3.63. The summed E-state index contributed by atoms with van der Waals surface area (Å²) in [6.45, 7) is 2.35. The highest BCUT2D eigenvalue weighted by Gasteiger charge is 2.12. The SMILES string of the molecule is COCC(C)NC(=O)c1ccc(OC)c(OC)c1. The zero-order valence-corrected chi connectivity index (χ0v) is 11.1. The summed E-state index contributed by atoms with van der Waals surface area (Å²) >= 11 is 0. The van der Waals surface area contributed by atoms with E-state index in [1.54, 1.807) is 32.4 Å². The van der Waals surface area contributed by atoms with Crippen LogP contribution in [0.4, 0.5) is 0 Å². The fourth-order valence-electron chi connectivity index (χ4n) is 1.58. The van der Waals surface area contributed by atoms with Crippen LogP contribution < -0.4 is 14.8 Å². The maximum absolute atomic E-state index is 11.9. The van der Waals surface area contributed by atoms with Crippen molar-refractivity contribution in [3.8, 4) is 11.5 Å². The van der Waals surface area contributed by atoms with Crippen molar-refractivity contribution >= 4 is 5.91 Å². The standard InChI is InChI=1S/C13H19NO4/c1-9(8-16-2)14-13(15)10-5-6-11(17-3)12(7-10)18-4/h5-7,9H,8H2,1-4H3,(H,14,15). The van der Waals surface area contributed by atoms with E-state index in [1.807, 2.05) is 6.92 Å². The van der Waals surface area contributed by atoms with E-state index in [-0.39, 0.29) is 11.9 Å². The molecule has 0 spiro atoms. The molecule has 1 aromatic rings. The Hall–Kier alpha value is -1.75. The van der Waals surface area contributed by atoms with Crippen LogP contribution in [0.3, 0.4) is 0 Å². The number of amides is 1. The van der Waals surface area contributed by atoms with Crippen molar-refractivity contribution in [2.75, 3.05) is 27.9 Å². The van der Waals surface area contributed by atoms with Gasteiger partial charge in [-0.3, -0.25) is 4.79 Å². The Kier molecular flexibility index (Phi) is 5.45. The van der Waals surface area contributed by atoms with Gasteiger partial charge in [0, 0.05) is 18.7 Å². The van der Waals surface area contributed by atoms with Crippen LogP contribution in [-0.4, -0.2) is 39.9 Å². The summed E-state index contributed by atoms with van der Waals surface area (Å²) in [6.07, 6.45) is 0. The molecule has 1 aromatic carbocycles. The lowest BCUT2D eigenvalue weighted by atomic mass is 10.1. The highest BCUT2D eigenvalue weighted by Crippen LogP contribution is 2.27. The van der Waals surface area contributed by atoms with Gasteiger partial charge in [-0.05, 0) is 25.1 Å². The topological polar surface area (TPSA) is 56.8 Å². The molecule has 1 N–H and O–H groups in total. The Bertz CT molecular complexity index is 406. The Balaban J connectivity index is 2.80. The van der Waals surface area contributed by atoms with Gasteiger partial charge in [-0.2, -0.15) is 0 Å². The zero-order chi connectivity index (χ0) is 13.5. The number of methoxy groups -OCH3 is 3. The van der Waals surface area contributed by atoms with Crippen molar-refractivity contribution in [3.63, 3.8) is 0 Å². The molecule has 0 radical (unpaired) electrons. The first-order valence-corrected chi connectivity index (χ1v) is 5.64. The fraction of sp³-hybridized carbons (Fsp3) is 0.462. The van der Waals surface area contributed by atoms with Crippen LogP contribution in [0.1, 0.15) is 17.3 Å². The van der Waals surface area contributed by atoms with Gasteiger partial charge in [0.05, 0.1) is 20.8 Å². The summed E-state index contributed by atoms with van der Waals surface area (Å²) in [7, 11) is 4.68. The molecule has 0 aromatic heterocycles. The van der Waals surface area contributed by atoms with E-state index >= 15 is 0 Å². The van der Waals surface area contributed by atoms with Gasteiger partial charge < -0.3 is 19.5 Å². The molecular weight excluding hydrogens is 234 g/mol. The van der Waals surface area contributed by atoms with E-state index in [0.717, 1.165) is 0 Å². The Morgan fingerprint density at radius 1 is 1.22 bits per heavy atom. The average Bonchev–Trinajstić information content (AvgIpc) is 2.38. The Labute approximate surface area is 107 Å². The third-order valence-corrected chi connectivity index (χ3v) is 2.44. The lowest BCUT2D eigenvalue weighted by Gasteiger charge is -2.14. The summed E-state index contributed by atoms with van der Waals surface area (Å²) < 4.78 is 15.2. The van der Waals surface area contributed by atoms with Crippen LogP contribution in [0, 0.1) is 0 Å². The van der Waals surface area contributed by atoms with Crippen LogP contribution in [0.5, 0.6) is 11.5 Å². The average molecular weight is 253 g/mol. The molecule has 1 rings (SSSR count). The minimum Gasteiger partial charge on any atom is -0.493 e. The highest BCUT2D eigenvalue weighted by atomic mass is 16.5. The van der Waals surface area contributed by atoms with Gasteiger partial charge in [0.25, 0.3) is 5.91 Å². The molecule has 0 aliphatic heterocycles. The maximum Gasteiger partial charge on any atom is 0.251 e. The van der Waals surface area contributed by atoms with Crippen molar-refractivity contribution in [2.45, 2.75) is 13.0 Å². The molecule has 18 heavy (non-hydrogen) atoms. The van der Waals surface area contributed by atoms with Gasteiger partial charge in [0.15, 0.2) is 11.5 Å². The summed E-state index contributed by atoms with van der Waals surface area (Å²) in [5, 5.41) is 2.83. The predicted molar refractivity (Wildman–Crippen MR) is 68.4 cm³/mol. The molecular formula is C13H19NO4. The summed E-state index contributed by atoms with van der Waals surface area (Å²) in [6, 6.07) is 4.99. The van der Waals surface area contributed by atoms with Crippen molar-refractivity contribution in [1.29, 1.82) is 0 Å². The first-order valence-electron chi connectivity index (χ1n) is 5.64. The van der Waals surface area contributed by atoms with Crippen molar-refractivity contribution in [3.05, 3.63) is 23.8 Å². The van der Waals surface area contributed by atoms with Gasteiger partial charge in [-0.25, -0.2) is 0 Å². The molecule has 0 saturated heterocycles. The van der Waals surface area contributed by atoms with Crippen LogP contribution in [0.25, 0.3) is 0 Å². The second kappa shape index (κ2) is 6.86. The minimum absolute atomic E-state index is 0.0457. The van der Waals surface area contributed by atoms with E-state index in [1.165, 1.54) is 7.11 Å². The molecule has 1 amide bonds. The second-order valence-corrected chi connectivity index (χ2v) is 3.90. The molecule has 1 atom stereocenters. The Morgan fingerprint density at radius 2 is 1.89 bits per heavy atom. The van der Waals surface area contributed by atoms with Gasteiger partial charge in [0.1, 0.15) is 0 Å². The molecule has 0 fully saturated rings.